The second kappa shape index (κ2) is 10.4. The zero-order chi connectivity index (χ0) is 21.3. The molecule has 0 fully saturated rings. The van der Waals surface area contributed by atoms with Gasteiger partial charge in [0.15, 0.2) is 0 Å². The number of allylic oxidation sites excluding steroid dienone is 2. The van der Waals surface area contributed by atoms with E-state index in [0.29, 0.717) is 5.56 Å². The largest absolute Gasteiger partial charge is 0.416 e. The highest BCUT2D eigenvalue weighted by Crippen LogP contribution is 2.29. The average molecular weight is 401 g/mol. The molecule has 3 nitrogen and oxygen atoms in total. The number of hydrogen-bond acceptors (Lipinski definition) is 2. The summed E-state index contributed by atoms with van der Waals surface area (Å²) in [5, 5.41) is 0. The molecule has 0 radical (unpaired) electrons. The van der Waals surface area contributed by atoms with E-state index in [1.807, 2.05) is 36.4 Å². The standard InChI is InChI=1S/C23H22F3NO2/c1-18(28)17-27(15-6-5-10-19-8-3-2-4-9-19)22(29)14-13-20-11-7-12-21(16-20)23(24,25)26/h2-12,15-16H,13-14,17H2,1H3/b10-5+,15-6-. The summed E-state index contributed by atoms with van der Waals surface area (Å²) in [4.78, 5) is 25.2. The van der Waals surface area contributed by atoms with Gasteiger partial charge in [-0.2, -0.15) is 13.2 Å². The first kappa shape index (κ1) is 22.1. The first-order chi connectivity index (χ1) is 13.8. The number of carbonyl (C=O) groups is 2. The summed E-state index contributed by atoms with van der Waals surface area (Å²) in [6, 6.07) is 14.5. The van der Waals surface area contributed by atoms with Crippen LogP contribution in [0.5, 0.6) is 0 Å². The molecule has 152 valence electrons. The number of rotatable bonds is 8. The Morgan fingerprint density at radius 3 is 2.38 bits per heavy atom. The Hall–Kier alpha value is -3.15. The van der Waals surface area contributed by atoms with Gasteiger partial charge in [0, 0.05) is 12.6 Å². The van der Waals surface area contributed by atoms with Gasteiger partial charge in [0.25, 0.3) is 0 Å². The van der Waals surface area contributed by atoms with Crippen LogP contribution in [-0.4, -0.2) is 23.1 Å². The number of aryl methyl sites for hydroxylation is 1. The minimum atomic E-state index is -4.42. The first-order valence-electron chi connectivity index (χ1n) is 9.10. The lowest BCUT2D eigenvalue weighted by Gasteiger charge is -2.17. The van der Waals surface area contributed by atoms with E-state index < -0.39 is 11.7 Å². The fourth-order valence-corrected chi connectivity index (χ4v) is 2.65. The molecular formula is C23H22F3NO2. The molecule has 0 saturated heterocycles. The van der Waals surface area contributed by atoms with E-state index in [-0.39, 0.29) is 31.1 Å². The molecule has 0 aliphatic heterocycles. The first-order valence-corrected chi connectivity index (χ1v) is 9.10. The van der Waals surface area contributed by atoms with Crippen LogP contribution >= 0.6 is 0 Å². The molecule has 2 rings (SSSR count). The van der Waals surface area contributed by atoms with Crippen molar-refractivity contribution in [3.63, 3.8) is 0 Å². The number of hydrogen-bond donors (Lipinski definition) is 0. The molecule has 2 aromatic rings. The maximum Gasteiger partial charge on any atom is 0.416 e. The number of carbonyl (C=O) groups excluding carboxylic acids is 2. The maximum absolute atomic E-state index is 12.8. The minimum absolute atomic E-state index is 0.00132. The van der Waals surface area contributed by atoms with Crippen LogP contribution in [-0.2, 0) is 22.2 Å². The molecule has 0 aliphatic rings. The molecule has 0 heterocycles. The Bertz CT molecular complexity index is 886. The van der Waals surface area contributed by atoms with Gasteiger partial charge < -0.3 is 4.90 Å². The van der Waals surface area contributed by atoms with Crippen LogP contribution in [0.3, 0.4) is 0 Å². The quantitative estimate of drug-likeness (QED) is 0.564. The van der Waals surface area contributed by atoms with E-state index in [1.54, 1.807) is 18.2 Å². The van der Waals surface area contributed by atoms with Crippen molar-refractivity contribution in [3.05, 3.63) is 89.6 Å². The van der Waals surface area contributed by atoms with E-state index >= 15 is 0 Å². The predicted molar refractivity (Wildman–Crippen MR) is 107 cm³/mol. The van der Waals surface area contributed by atoms with Gasteiger partial charge >= 0.3 is 6.18 Å². The molecule has 1 amide bonds. The fourth-order valence-electron chi connectivity index (χ4n) is 2.65. The van der Waals surface area contributed by atoms with Crippen LogP contribution in [0.2, 0.25) is 0 Å². The molecule has 0 unspecified atom stereocenters. The van der Waals surface area contributed by atoms with E-state index in [0.717, 1.165) is 17.7 Å². The number of ketones is 1. The highest BCUT2D eigenvalue weighted by atomic mass is 19.4. The summed E-state index contributed by atoms with van der Waals surface area (Å²) < 4.78 is 38.4. The lowest BCUT2D eigenvalue weighted by Crippen LogP contribution is -2.30. The van der Waals surface area contributed by atoms with Gasteiger partial charge in [0.1, 0.15) is 5.78 Å². The van der Waals surface area contributed by atoms with Crippen LogP contribution < -0.4 is 0 Å². The maximum atomic E-state index is 12.8. The third kappa shape index (κ3) is 7.78. The Kier molecular flexibility index (Phi) is 7.95. The lowest BCUT2D eigenvalue weighted by molar-refractivity contribution is -0.137. The van der Waals surface area contributed by atoms with Gasteiger partial charge in [-0.1, -0.05) is 60.7 Å². The molecule has 29 heavy (non-hydrogen) atoms. The van der Waals surface area contributed by atoms with Crippen molar-refractivity contribution < 1.29 is 22.8 Å². The summed E-state index contributed by atoms with van der Waals surface area (Å²) in [7, 11) is 0. The normalized spacial score (nSPS) is 11.9. The van der Waals surface area contributed by atoms with Crippen LogP contribution in [0.4, 0.5) is 13.2 Å². The summed E-state index contributed by atoms with van der Waals surface area (Å²) in [5.41, 5.74) is 0.670. The van der Waals surface area contributed by atoms with Crippen molar-refractivity contribution in [1.82, 2.24) is 4.90 Å². The highest BCUT2D eigenvalue weighted by molar-refractivity contribution is 5.85. The van der Waals surface area contributed by atoms with Crippen molar-refractivity contribution in [2.45, 2.75) is 25.9 Å². The molecule has 2 aromatic carbocycles. The molecule has 0 aliphatic carbocycles. The lowest BCUT2D eigenvalue weighted by atomic mass is 10.1. The van der Waals surface area contributed by atoms with Crippen molar-refractivity contribution in [2.24, 2.45) is 0 Å². The van der Waals surface area contributed by atoms with Gasteiger partial charge in [-0.25, -0.2) is 0 Å². The number of Topliss-reactive ketones (excluding diaryl/α,β-unsaturated/α-hetero) is 1. The number of benzene rings is 2. The average Bonchev–Trinajstić information content (AvgIpc) is 2.68. The zero-order valence-corrected chi connectivity index (χ0v) is 16.0. The molecule has 6 heteroatoms. The van der Waals surface area contributed by atoms with Gasteiger partial charge in [-0.05, 0) is 36.6 Å². The molecule has 0 N–H and O–H groups in total. The molecule has 0 bridgehead atoms. The minimum Gasteiger partial charge on any atom is -0.312 e. The van der Waals surface area contributed by atoms with Crippen LogP contribution in [0.1, 0.15) is 30.0 Å². The summed E-state index contributed by atoms with van der Waals surface area (Å²) >= 11 is 0. The van der Waals surface area contributed by atoms with E-state index in [1.165, 1.54) is 24.1 Å². The summed E-state index contributed by atoms with van der Waals surface area (Å²) in [6.45, 7) is 1.29. The van der Waals surface area contributed by atoms with E-state index in [2.05, 4.69) is 0 Å². The van der Waals surface area contributed by atoms with Crippen LogP contribution in [0, 0.1) is 0 Å². The van der Waals surface area contributed by atoms with Crippen molar-refractivity contribution in [1.29, 1.82) is 0 Å². The van der Waals surface area contributed by atoms with Gasteiger partial charge in [-0.3, -0.25) is 9.59 Å². The Labute approximate surface area is 168 Å². The molecule has 0 atom stereocenters. The molecule has 0 spiro atoms. The predicted octanol–water partition coefficient (Wildman–Crippen LogP) is 5.28. The van der Waals surface area contributed by atoms with Crippen molar-refractivity contribution >= 4 is 17.8 Å². The van der Waals surface area contributed by atoms with Crippen LogP contribution in [0.25, 0.3) is 6.08 Å². The van der Waals surface area contributed by atoms with Gasteiger partial charge in [-0.15, -0.1) is 0 Å². The monoisotopic (exact) mass is 401 g/mol. The van der Waals surface area contributed by atoms with E-state index in [4.69, 9.17) is 0 Å². The Balaban J connectivity index is 2.00. The fraction of sp³-hybridized carbons (Fsp3) is 0.217. The van der Waals surface area contributed by atoms with Crippen molar-refractivity contribution in [2.75, 3.05) is 6.54 Å². The van der Waals surface area contributed by atoms with E-state index in [9.17, 15) is 22.8 Å². The SMILES string of the molecule is CC(=O)CN(/C=C\C=C\c1ccccc1)C(=O)CCc1cccc(C(F)(F)F)c1. The zero-order valence-electron chi connectivity index (χ0n) is 16.0. The second-order valence-corrected chi connectivity index (χ2v) is 6.53. The summed E-state index contributed by atoms with van der Waals surface area (Å²) in [5.74, 6) is -0.518. The smallest absolute Gasteiger partial charge is 0.312 e. The molecule has 0 aromatic heterocycles. The topological polar surface area (TPSA) is 37.4 Å². The highest BCUT2D eigenvalue weighted by Gasteiger charge is 2.30. The Morgan fingerprint density at radius 2 is 1.72 bits per heavy atom. The summed E-state index contributed by atoms with van der Waals surface area (Å²) in [6.07, 6.45) is 2.51. The van der Waals surface area contributed by atoms with Crippen LogP contribution in [0.15, 0.2) is 72.9 Å². The molecular weight excluding hydrogens is 379 g/mol. The van der Waals surface area contributed by atoms with Gasteiger partial charge in [0.2, 0.25) is 5.91 Å². The van der Waals surface area contributed by atoms with Gasteiger partial charge in [0.05, 0.1) is 12.1 Å². The molecule has 0 saturated carbocycles. The Morgan fingerprint density at radius 1 is 1.00 bits per heavy atom. The second-order valence-electron chi connectivity index (χ2n) is 6.53. The van der Waals surface area contributed by atoms with Crippen molar-refractivity contribution in [3.8, 4) is 0 Å². The number of nitrogens with zero attached hydrogens (tertiary/aromatic N) is 1. The third-order valence-corrected chi connectivity index (χ3v) is 4.06. The number of halogens is 3. The third-order valence-electron chi connectivity index (χ3n) is 4.06. The number of amides is 1. The number of alkyl halides is 3.